The molecule has 0 spiro atoms. The highest BCUT2D eigenvalue weighted by Crippen LogP contribution is 2.21. The first kappa shape index (κ1) is 12.5. The minimum absolute atomic E-state index is 0.00563. The van der Waals surface area contributed by atoms with Gasteiger partial charge in [-0.15, -0.1) is 0 Å². The van der Waals surface area contributed by atoms with E-state index in [0.717, 1.165) is 18.6 Å². The maximum atomic E-state index is 12.9. The monoisotopic (exact) mass is 250 g/mol. The van der Waals surface area contributed by atoms with E-state index in [1.165, 1.54) is 11.6 Å². The summed E-state index contributed by atoms with van der Waals surface area (Å²) in [5.74, 6) is -2.52. The highest BCUT2D eigenvalue weighted by atomic mass is 19.2. The molecule has 0 saturated heterocycles. The predicted octanol–water partition coefficient (Wildman–Crippen LogP) is 3.54. The van der Waals surface area contributed by atoms with Gasteiger partial charge < -0.3 is 4.74 Å². The summed E-state index contributed by atoms with van der Waals surface area (Å²) in [4.78, 5) is 11.7. The Balaban J connectivity index is 2.10. The number of hydrogen-bond donors (Lipinski definition) is 0. The molecule has 2 rings (SSSR count). The number of carbonyl (C=O) groups excluding carboxylic acids is 1. The molecule has 0 aromatic heterocycles. The molecule has 0 bridgehead atoms. The second-order valence-electron chi connectivity index (χ2n) is 4.17. The maximum Gasteiger partial charge on any atom is 0.339 e. The average Bonchev–Trinajstić information content (AvgIpc) is 2.34. The van der Waals surface area contributed by atoms with Crippen molar-refractivity contribution in [1.29, 1.82) is 0 Å². The molecule has 0 heterocycles. The smallest absolute Gasteiger partial charge is 0.339 e. The fourth-order valence-corrected chi connectivity index (χ4v) is 1.62. The molecule has 0 unspecified atom stereocenters. The van der Waals surface area contributed by atoms with Gasteiger partial charge in [0.2, 0.25) is 0 Å². The van der Waals surface area contributed by atoms with Crippen molar-refractivity contribution in [3.63, 3.8) is 0 Å². The first-order valence-electron chi connectivity index (χ1n) is 5.60. The van der Waals surface area contributed by atoms with Crippen molar-refractivity contribution >= 4 is 5.97 Å². The van der Waals surface area contributed by atoms with Crippen molar-refractivity contribution in [3.8, 4) is 5.75 Å². The Bertz CT molecular complexity index is 545. The van der Waals surface area contributed by atoms with Crippen LogP contribution < -0.4 is 4.74 Å². The molecule has 4 heteroatoms. The highest BCUT2D eigenvalue weighted by molar-refractivity contribution is 5.90. The number of carbonyl (C=O) groups is 1. The Morgan fingerprint density at radius 2 is 1.94 bits per heavy atom. The fourth-order valence-electron chi connectivity index (χ4n) is 1.62. The Morgan fingerprint density at radius 3 is 2.56 bits per heavy atom. The minimum Gasteiger partial charge on any atom is -0.423 e. The van der Waals surface area contributed by atoms with Gasteiger partial charge >= 0.3 is 5.97 Å². The van der Waals surface area contributed by atoms with E-state index in [-0.39, 0.29) is 5.75 Å². The number of esters is 1. The largest absolute Gasteiger partial charge is 0.423 e. The van der Waals surface area contributed by atoms with Crippen LogP contribution in [0.2, 0.25) is 0 Å². The van der Waals surface area contributed by atoms with E-state index in [1.54, 1.807) is 6.08 Å². The van der Waals surface area contributed by atoms with Crippen LogP contribution in [0.15, 0.2) is 41.5 Å². The molecule has 1 aromatic carbocycles. The van der Waals surface area contributed by atoms with E-state index in [1.807, 2.05) is 13.0 Å². The van der Waals surface area contributed by atoms with Gasteiger partial charge in [-0.1, -0.05) is 17.7 Å². The third kappa shape index (κ3) is 2.83. The molecule has 0 amide bonds. The van der Waals surface area contributed by atoms with Crippen LogP contribution >= 0.6 is 0 Å². The second kappa shape index (κ2) is 5.12. The van der Waals surface area contributed by atoms with Crippen LogP contribution in [0, 0.1) is 11.6 Å². The molecule has 1 aliphatic carbocycles. The molecule has 2 nitrogen and oxygen atoms in total. The molecule has 94 valence electrons. The van der Waals surface area contributed by atoms with Gasteiger partial charge in [0.1, 0.15) is 5.75 Å². The lowest BCUT2D eigenvalue weighted by atomic mass is 10.00. The topological polar surface area (TPSA) is 26.3 Å². The summed E-state index contributed by atoms with van der Waals surface area (Å²) in [6.07, 6.45) is 4.95. The molecule has 0 N–H and O–H groups in total. The zero-order valence-corrected chi connectivity index (χ0v) is 9.87. The minimum atomic E-state index is -1.03. The molecular weight excluding hydrogens is 238 g/mol. The number of halogens is 2. The molecular formula is C14H12F2O2. The lowest BCUT2D eigenvalue weighted by molar-refractivity contribution is -0.130. The molecule has 0 atom stereocenters. The fraction of sp³-hybridized carbons (Fsp3) is 0.214. The SMILES string of the molecule is CC1=CC=C(C(=O)Oc2ccc(F)c(F)c2)CC1. The summed E-state index contributed by atoms with van der Waals surface area (Å²) in [5.41, 5.74) is 1.73. The zero-order chi connectivity index (χ0) is 13.1. The summed E-state index contributed by atoms with van der Waals surface area (Å²) >= 11 is 0. The van der Waals surface area contributed by atoms with Crippen LogP contribution in [-0.4, -0.2) is 5.97 Å². The van der Waals surface area contributed by atoms with Crippen LogP contribution in [0.5, 0.6) is 5.75 Å². The molecule has 1 aliphatic rings. The van der Waals surface area contributed by atoms with E-state index >= 15 is 0 Å². The normalized spacial score (nSPS) is 14.8. The van der Waals surface area contributed by atoms with Crippen LogP contribution in [0.1, 0.15) is 19.8 Å². The van der Waals surface area contributed by atoms with Gasteiger partial charge in [-0.25, -0.2) is 13.6 Å². The Labute approximate surface area is 104 Å². The van der Waals surface area contributed by atoms with Crippen molar-refractivity contribution < 1.29 is 18.3 Å². The Hall–Kier alpha value is -1.97. The predicted molar refractivity (Wildman–Crippen MR) is 63.1 cm³/mol. The maximum absolute atomic E-state index is 12.9. The van der Waals surface area contributed by atoms with Gasteiger partial charge in [-0.05, 0) is 31.9 Å². The molecule has 0 fully saturated rings. The average molecular weight is 250 g/mol. The van der Waals surface area contributed by atoms with Crippen molar-refractivity contribution in [2.75, 3.05) is 0 Å². The first-order chi connectivity index (χ1) is 8.56. The number of allylic oxidation sites excluding steroid dienone is 3. The standard InChI is InChI=1S/C14H12F2O2/c1-9-2-4-10(5-3-9)14(17)18-11-6-7-12(15)13(16)8-11/h2,4,6-8H,3,5H2,1H3. The Kier molecular flexibility index (Phi) is 3.55. The summed E-state index contributed by atoms with van der Waals surface area (Å²) in [6.45, 7) is 1.98. The second-order valence-corrected chi connectivity index (χ2v) is 4.17. The summed E-state index contributed by atoms with van der Waals surface area (Å²) < 4.78 is 30.6. The van der Waals surface area contributed by atoms with Crippen molar-refractivity contribution in [2.24, 2.45) is 0 Å². The lowest BCUT2D eigenvalue weighted by Crippen LogP contribution is -2.13. The van der Waals surface area contributed by atoms with Crippen LogP contribution in [0.4, 0.5) is 8.78 Å². The summed E-state index contributed by atoms with van der Waals surface area (Å²) in [7, 11) is 0. The van der Waals surface area contributed by atoms with E-state index in [0.29, 0.717) is 12.0 Å². The summed E-state index contributed by atoms with van der Waals surface area (Å²) in [6, 6.07) is 3.01. The van der Waals surface area contributed by atoms with E-state index in [2.05, 4.69) is 0 Å². The quantitative estimate of drug-likeness (QED) is 0.592. The molecule has 0 saturated carbocycles. The van der Waals surface area contributed by atoms with Crippen LogP contribution in [0.3, 0.4) is 0 Å². The van der Waals surface area contributed by atoms with Crippen LogP contribution in [0.25, 0.3) is 0 Å². The van der Waals surface area contributed by atoms with E-state index < -0.39 is 17.6 Å². The van der Waals surface area contributed by atoms with Crippen molar-refractivity contribution in [3.05, 3.63) is 53.1 Å². The number of hydrogen-bond acceptors (Lipinski definition) is 2. The van der Waals surface area contributed by atoms with Gasteiger partial charge in [0.05, 0.1) is 0 Å². The molecule has 0 radical (unpaired) electrons. The van der Waals surface area contributed by atoms with Crippen LogP contribution in [-0.2, 0) is 4.79 Å². The van der Waals surface area contributed by atoms with Gasteiger partial charge in [0.15, 0.2) is 11.6 Å². The van der Waals surface area contributed by atoms with Gasteiger partial charge in [0, 0.05) is 11.6 Å². The van der Waals surface area contributed by atoms with E-state index in [9.17, 15) is 13.6 Å². The van der Waals surface area contributed by atoms with Gasteiger partial charge in [-0.3, -0.25) is 0 Å². The van der Waals surface area contributed by atoms with Crippen molar-refractivity contribution in [1.82, 2.24) is 0 Å². The molecule has 0 aliphatic heterocycles. The number of ether oxygens (including phenoxy) is 1. The summed E-state index contributed by atoms with van der Waals surface area (Å²) in [5, 5.41) is 0. The first-order valence-corrected chi connectivity index (χ1v) is 5.60. The number of rotatable bonds is 2. The van der Waals surface area contributed by atoms with E-state index in [4.69, 9.17) is 4.74 Å². The number of benzene rings is 1. The highest BCUT2D eigenvalue weighted by Gasteiger charge is 2.15. The lowest BCUT2D eigenvalue weighted by Gasteiger charge is -2.11. The van der Waals surface area contributed by atoms with Gasteiger partial charge in [0.25, 0.3) is 0 Å². The van der Waals surface area contributed by atoms with Gasteiger partial charge in [-0.2, -0.15) is 0 Å². The third-order valence-corrected chi connectivity index (χ3v) is 2.72. The third-order valence-electron chi connectivity index (χ3n) is 2.72. The van der Waals surface area contributed by atoms with Crippen molar-refractivity contribution in [2.45, 2.75) is 19.8 Å². The Morgan fingerprint density at radius 1 is 1.17 bits per heavy atom. The molecule has 18 heavy (non-hydrogen) atoms. The molecule has 1 aromatic rings. The zero-order valence-electron chi connectivity index (χ0n) is 9.87.